The van der Waals surface area contributed by atoms with Crippen LogP contribution < -0.4 is 4.74 Å². The molecule has 0 aliphatic carbocycles. The number of halogens is 1. The van der Waals surface area contributed by atoms with Crippen molar-refractivity contribution >= 4 is 20.8 Å². The lowest BCUT2D eigenvalue weighted by atomic mass is 10.0. The van der Waals surface area contributed by atoms with Gasteiger partial charge < -0.3 is 9.64 Å². The van der Waals surface area contributed by atoms with E-state index in [0.29, 0.717) is 23.8 Å². The minimum atomic E-state index is -3.60. The van der Waals surface area contributed by atoms with Crippen molar-refractivity contribution in [3.63, 3.8) is 0 Å². The summed E-state index contributed by atoms with van der Waals surface area (Å²) < 4.78 is 47.5. The fraction of sp³-hybridized carbons (Fsp3) is 0.423. The Hall–Kier alpha value is -2.55. The number of benzene rings is 2. The Morgan fingerprint density at radius 1 is 1.09 bits per heavy atom. The highest BCUT2D eigenvalue weighted by molar-refractivity contribution is 7.89. The van der Waals surface area contributed by atoms with Gasteiger partial charge in [-0.25, -0.2) is 12.8 Å². The molecule has 1 saturated heterocycles. The highest BCUT2D eigenvalue weighted by atomic mass is 32.2. The van der Waals surface area contributed by atoms with Crippen LogP contribution in [0.25, 0.3) is 10.8 Å². The van der Waals surface area contributed by atoms with E-state index < -0.39 is 10.0 Å². The molecule has 1 fully saturated rings. The number of piperidine rings is 1. The van der Waals surface area contributed by atoms with E-state index in [4.69, 9.17) is 4.74 Å². The molecule has 0 unspecified atom stereocenters. The van der Waals surface area contributed by atoms with Crippen LogP contribution >= 0.6 is 0 Å². The van der Waals surface area contributed by atoms with Gasteiger partial charge in [0, 0.05) is 35.8 Å². The van der Waals surface area contributed by atoms with E-state index in [1.807, 2.05) is 13.0 Å². The summed E-state index contributed by atoms with van der Waals surface area (Å²) >= 11 is 0. The van der Waals surface area contributed by atoms with Crippen molar-refractivity contribution in [1.29, 1.82) is 0 Å². The second-order valence-electron chi connectivity index (χ2n) is 8.64. The van der Waals surface area contributed by atoms with Gasteiger partial charge in [-0.2, -0.15) is 4.31 Å². The van der Waals surface area contributed by atoms with Gasteiger partial charge in [0.2, 0.25) is 10.0 Å². The summed E-state index contributed by atoms with van der Waals surface area (Å²) in [4.78, 5) is 6.88. The third kappa shape index (κ3) is 5.74. The van der Waals surface area contributed by atoms with Gasteiger partial charge in [0.1, 0.15) is 11.6 Å². The molecule has 0 amide bonds. The molecule has 0 saturated carbocycles. The number of rotatable bonds is 10. The molecule has 6 nitrogen and oxygen atoms in total. The van der Waals surface area contributed by atoms with Crippen LogP contribution in [-0.2, 0) is 10.0 Å². The predicted molar refractivity (Wildman–Crippen MR) is 132 cm³/mol. The van der Waals surface area contributed by atoms with E-state index in [0.717, 1.165) is 56.1 Å². The number of aromatic nitrogens is 1. The summed E-state index contributed by atoms with van der Waals surface area (Å²) in [6, 6.07) is 13.2. The van der Waals surface area contributed by atoms with E-state index in [1.165, 1.54) is 12.1 Å². The summed E-state index contributed by atoms with van der Waals surface area (Å²) in [7, 11) is -3.60. The van der Waals surface area contributed by atoms with Crippen molar-refractivity contribution < 1.29 is 17.5 Å². The average Bonchev–Trinajstić information content (AvgIpc) is 2.86. The Morgan fingerprint density at radius 2 is 1.85 bits per heavy atom. The third-order valence-corrected chi connectivity index (χ3v) is 8.54. The molecule has 2 heterocycles. The highest BCUT2D eigenvalue weighted by Crippen LogP contribution is 2.29. The zero-order valence-corrected chi connectivity index (χ0v) is 20.4. The normalized spacial score (nSPS) is 15.7. The maximum atomic E-state index is 13.6. The van der Waals surface area contributed by atoms with Crippen LogP contribution in [0.4, 0.5) is 4.39 Å². The number of unbranched alkanes of at least 4 members (excludes halogenated alkanes) is 1. The zero-order valence-electron chi connectivity index (χ0n) is 19.6. The average molecular weight is 486 g/mol. The molecule has 0 N–H and O–H groups in total. The quantitative estimate of drug-likeness (QED) is 0.389. The maximum absolute atomic E-state index is 13.6. The molecule has 0 bridgehead atoms. The number of nitrogens with zero attached hydrogens (tertiary/aromatic N) is 3. The molecule has 1 aliphatic rings. The highest BCUT2D eigenvalue weighted by Gasteiger charge is 2.33. The Bertz CT molecular complexity index is 1170. The lowest BCUT2D eigenvalue weighted by Crippen LogP contribution is -2.47. The first-order valence-electron chi connectivity index (χ1n) is 11.9. The molecule has 8 heteroatoms. The van der Waals surface area contributed by atoms with Gasteiger partial charge in [-0.3, -0.25) is 4.98 Å². The summed E-state index contributed by atoms with van der Waals surface area (Å²) in [6.45, 7) is 5.70. The number of pyridine rings is 1. The van der Waals surface area contributed by atoms with E-state index in [-0.39, 0.29) is 11.9 Å². The molecule has 0 spiro atoms. The molecule has 3 aromatic rings. The molecular weight excluding hydrogens is 453 g/mol. The first-order valence-corrected chi connectivity index (χ1v) is 13.4. The molecule has 0 radical (unpaired) electrons. The first-order chi connectivity index (χ1) is 16.5. The van der Waals surface area contributed by atoms with Gasteiger partial charge in [-0.05, 0) is 81.7 Å². The van der Waals surface area contributed by atoms with Crippen LogP contribution in [0.3, 0.4) is 0 Å². The number of fused-ring (bicyclic) bond motifs is 1. The Morgan fingerprint density at radius 3 is 2.59 bits per heavy atom. The number of hydrogen-bond donors (Lipinski definition) is 0. The van der Waals surface area contributed by atoms with Crippen LogP contribution in [0.5, 0.6) is 5.75 Å². The Labute approximate surface area is 201 Å². The number of sulfonamides is 1. The van der Waals surface area contributed by atoms with Crippen LogP contribution in [0.15, 0.2) is 65.8 Å². The van der Waals surface area contributed by atoms with Gasteiger partial charge in [0.25, 0.3) is 0 Å². The van der Waals surface area contributed by atoms with Crippen molar-refractivity contribution in [1.82, 2.24) is 14.2 Å². The zero-order chi connectivity index (χ0) is 24.0. The molecule has 4 rings (SSSR count). The lowest BCUT2D eigenvalue weighted by Gasteiger charge is -2.37. The topological polar surface area (TPSA) is 62.7 Å². The summed E-state index contributed by atoms with van der Waals surface area (Å²) in [5.74, 6) is 0.421. The van der Waals surface area contributed by atoms with Crippen LogP contribution in [0.1, 0.15) is 32.6 Å². The lowest BCUT2D eigenvalue weighted by molar-refractivity contribution is 0.157. The van der Waals surface area contributed by atoms with Gasteiger partial charge in [0.05, 0.1) is 11.5 Å². The van der Waals surface area contributed by atoms with Gasteiger partial charge in [0.15, 0.2) is 0 Å². The summed E-state index contributed by atoms with van der Waals surface area (Å²) in [5.41, 5.74) is 0. The minimum Gasteiger partial charge on any atom is -0.494 e. The van der Waals surface area contributed by atoms with Gasteiger partial charge in [-0.15, -0.1) is 0 Å². The Balaban J connectivity index is 1.28. The first kappa shape index (κ1) is 24.6. The fourth-order valence-corrected chi connectivity index (χ4v) is 6.57. The van der Waals surface area contributed by atoms with Crippen molar-refractivity contribution in [2.45, 2.75) is 43.5 Å². The van der Waals surface area contributed by atoms with Crippen molar-refractivity contribution in [2.75, 3.05) is 32.8 Å². The molecule has 34 heavy (non-hydrogen) atoms. The van der Waals surface area contributed by atoms with E-state index >= 15 is 0 Å². The monoisotopic (exact) mass is 485 g/mol. The molecule has 0 atom stereocenters. The van der Waals surface area contributed by atoms with Crippen molar-refractivity contribution in [3.8, 4) is 5.75 Å². The maximum Gasteiger partial charge on any atom is 0.243 e. The smallest absolute Gasteiger partial charge is 0.243 e. The molecule has 182 valence electrons. The van der Waals surface area contributed by atoms with Crippen LogP contribution in [-0.4, -0.2) is 61.4 Å². The molecular formula is C26H32FN3O3S. The fourth-order valence-electron chi connectivity index (χ4n) is 4.66. The molecule has 1 aromatic heterocycles. The molecule has 2 aromatic carbocycles. The van der Waals surface area contributed by atoms with Crippen LogP contribution in [0, 0.1) is 5.82 Å². The van der Waals surface area contributed by atoms with Crippen molar-refractivity contribution in [3.05, 3.63) is 66.7 Å². The van der Waals surface area contributed by atoms with E-state index in [2.05, 4.69) is 9.88 Å². The second-order valence-corrected chi connectivity index (χ2v) is 10.5. The van der Waals surface area contributed by atoms with Gasteiger partial charge in [-0.1, -0.05) is 19.1 Å². The largest absolute Gasteiger partial charge is 0.494 e. The Kier molecular flexibility index (Phi) is 8.13. The van der Waals surface area contributed by atoms with Crippen molar-refractivity contribution in [2.24, 2.45) is 0 Å². The minimum absolute atomic E-state index is 0.00477. The number of hydrogen-bond acceptors (Lipinski definition) is 5. The van der Waals surface area contributed by atoms with E-state index in [1.54, 1.807) is 47.0 Å². The summed E-state index contributed by atoms with van der Waals surface area (Å²) in [6.07, 6.45) is 6.92. The van der Waals surface area contributed by atoms with Gasteiger partial charge >= 0.3 is 0 Å². The number of ether oxygens (including phenoxy) is 1. The molecule has 1 aliphatic heterocycles. The SMILES string of the molecule is CCN(C1CCN(CCCCOc2ccc(F)cc2)CC1)S(=O)(=O)c1cccc2cnccc12. The standard InChI is InChI=1S/C26H32FN3O3S/c1-2-30(34(31,32)26-7-5-6-21-20-28-15-12-25(21)26)23-13-17-29(18-14-23)16-3-4-19-33-24-10-8-22(27)9-11-24/h5-12,15,20,23H,2-4,13-14,16-19H2,1H3. The third-order valence-electron chi connectivity index (χ3n) is 6.45. The second kappa shape index (κ2) is 11.3. The number of likely N-dealkylation sites (tertiary alicyclic amines) is 1. The van der Waals surface area contributed by atoms with Crippen LogP contribution in [0.2, 0.25) is 0 Å². The predicted octanol–water partition coefficient (Wildman–Crippen LogP) is 4.71. The van der Waals surface area contributed by atoms with E-state index in [9.17, 15) is 12.8 Å². The summed E-state index contributed by atoms with van der Waals surface area (Å²) in [5, 5.41) is 1.55.